The fourth-order valence-electron chi connectivity index (χ4n) is 1.85. The van der Waals surface area contributed by atoms with E-state index in [4.69, 9.17) is 9.84 Å². The van der Waals surface area contributed by atoms with Gasteiger partial charge >= 0.3 is 0 Å². The molecule has 2 aromatic rings. The van der Waals surface area contributed by atoms with Gasteiger partial charge in [-0.05, 0) is 12.1 Å². The average molecular weight is 288 g/mol. The number of phenolic OH excluding ortho intramolecular Hbond substituents is 1. The van der Waals surface area contributed by atoms with Crippen LogP contribution in [0.1, 0.15) is 22.3 Å². The van der Waals surface area contributed by atoms with Crippen LogP contribution in [0, 0.1) is 0 Å². The van der Waals surface area contributed by atoms with Crippen molar-refractivity contribution in [3.05, 3.63) is 59.7 Å². The van der Waals surface area contributed by atoms with Crippen molar-refractivity contribution in [1.29, 1.82) is 0 Å². The molecule has 0 radical (unpaired) electrons. The highest BCUT2D eigenvalue weighted by atomic mass is 16.6. The van der Waals surface area contributed by atoms with Gasteiger partial charge in [0, 0.05) is 24.7 Å². The zero-order chi connectivity index (χ0) is 15.2. The van der Waals surface area contributed by atoms with Crippen molar-refractivity contribution in [2.45, 2.75) is 12.7 Å². The number of rotatable bonds is 6. The van der Waals surface area contributed by atoms with Gasteiger partial charge < -0.3 is 20.1 Å². The van der Waals surface area contributed by atoms with Crippen molar-refractivity contribution < 1.29 is 24.9 Å². The van der Waals surface area contributed by atoms with Crippen molar-refractivity contribution in [1.82, 2.24) is 0 Å². The number of hydrogen-bond acceptors (Lipinski definition) is 5. The van der Waals surface area contributed by atoms with Crippen LogP contribution in [0.3, 0.4) is 0 Å². The minimum Gasteiger partial charge on any atom is -0.507 e. The predicted octanol–water partition coefficient (Wildman–Crippen LogP) is 1.70. The third-order valence-electron chi connectivity index (χ3n) is 2.90. The summed E-state index contributed by atoms with van der Waals surface area (Å²) in [5, 5.41) is 28.0. The van der Waals surface area contributed by atoms with Gasteiger partial charge in [-0.25, -0.2) is 0 Å². The monoisotopic (exact) mass is 288 g/mol. The molecule has 0 saturated carbocycles. The molecule has 1 atom stereocenters. The molecule has 1 unspecified atom stereocenters. The fraction of sp³-hybridized carbons (Fsp3) is 0.188. The van der Waals surface area contributed by atoms with Gasteiger partial charge in [0.25, 0.3) is 0 Å². The first-order valence-corrected chi connectivity index (χ1v) is 6.50. The summed E-state index contributed by atoms with van der Waals surface area (Å²) in [6, 6.07) is 12.8. The Bertz CT molecular complexity index is 609. The van der Waals surface area contributed by atoms with E-state index in [-0.39, 0.29) is 35.9 Å². The highest BCUT2D eigenvalue weighted by molar-refractivity contribution is 6.10. The molecule has 0 aliphatic rings. The topological polar surface area (TPSA) is 87.0 Å². The molecular formula is C16H16O5. The number of aliphatic hydroxyl groups excluding tert-OH is 2. The second kappa shape index (κ2) is 6.88. The molecular weight excluding hydrogens is 272 g/mol. The lowest BCUT2D eigenvalue weighted by Crippen LogP contribution is -2.17. The maximum atomic E-state index is 12.2. The highest BCUT2D eigenvalue weighted by Crippen LogP contribution is 2.26. The maximum absolute atomic E-state index is 12.2. The van der Waals surface area contributed by atoms with E-state index >= 15 is 0 Å². The van der Waals surface area contributed by atoms with Gasteiger partial charge in [0.1, 0.15) is 11.5 Å². The van der Waals surface area contributed by atoms with Crippen LogP contribution in [0.15, 0.2) is 48.5 Å². The Hall–Kier alpha value is -2.37. The van der Waals surface area contributed by atoms with E-state index in [0.717, 1.165) is 0 Å². The first-order chi connectivity index (χ1) is 10.1. The minimum absolute atomic E-state index is 0.0610. The quantitative estimate of drug-likeness (QED) is 0.556. The third kappa shape index (κ3) is 3.81. The molecule has 0 fully saturated rings. The Labute approximate surface area is 122 Å². The number of phenols is 1. The first kappa shape index (κ1) is 15.0. The van der Waals surface area contributed by atoms with Gasteiger partial charge in [0.2, 0.25) is 0 Å². The van der Waals surface area contributed by atoms with E-state index in [1.54, 1.807) is 30.3 Å². The van der Waals surface area contributed by atoms with Crippen LogP contribution in [0.2, 0.25) is 0 Å². The van der Waals surface area contributed by atoms with Gasteiger partial charge in [-0.3, -0.25) is 4.79 Å². The van der Waals surface area contributed by atoms with Gasteiger partial charge in [-0.2, -0.15) is 0 Å². The van der Waals surface area contributed by atoms with Crippen LogP contribution < -0.4 is 4.74 Å². The van der Waals surface area contributed by atoms with Crippen LogP contribution in [0.25, 0.3) is 0 Å². The zero-order valence-corrected chi connectivity index (χ0v) is 11.3. The van der Waals surface area contributed by atoms with Crippen LogP contribution in [0.4, 0.5) is 0 Å². The normalized spacial score (nSPS) is 11.9. The second-order valence-corrected chi connectivity index (χ2v) is 4.46. The van der Waals surface area contributed by atoms with E-state index < -0.39 is 6.29 Å². The van der Waals surface area contributed by atoms with Gasteiger partial charge in [-0.15, -0.1) is 0 Å². The Morgan fingerprint density at radius 2 is 1.86 bits per heavy atom. The molecule has 21 heavy (non-hydrogen) atoms. The second-order valence-electron chi connectivity index (χ2n) is 4.46. The molecule has 5 heteroatoms. The lowest BCUT2D eigenvalue weighted by Gasteiger charge is -2.13. The third-order valence-corrected chi connectivity index (χ3v) is 2.90. The minimum atomic E-state index is -1.16. The Balaban J connectivity index is 2.18. The first-order valence-electron chi connectivity index (χ1n) is 6.50. The van der Waals surface area contributed by atoms with E-state index in [1.807, 2.05) is 0 Å². The number of benzene rings is 2. The van der Waals surface area contributed by atoms with E-state index in [2.05, 4.69) is 0 Å². The molecule has 110 valence electrons. The lowest BCUT2D eigenvalue weighted by atomic mass is 10.0. The number of carbonyl (C=O) groups is 1. The number of ether oxygens (including phenoxy) is 1. The smallest absolute Gasteiger partial charge is 0.199 e. The van der Waals surface area contributed by atoms with Gasteiger partial charge in [-0.1, -0.05) is 30.3 Å². The van der Waals surface area contributed by atoms with Crippen LogP contribution in [-0.4, -0.2) is 34.0 Å². The summed E-state index contributed by atoms with van der Waals surface area (Å²) >= 11 is 0. The number of ketones is 1. The average Bonchev–Trinajstić information content (AvgIpc) is 2.48. The van der Waals surface area contributed by atoms with Gasteiger partial charge in [0.15, 0.2) is 12.1 Å². The molecule has 2 aromatic carbocycles. The SMILES string of the molecule is O=C(c1ccccc1)c1ccc(OC(O)CCO)cc1O. The predicted molar refractivity (Wildman–Crippen MR) is 76.3 cm³/mol. The van der Waals surface area contributed by atoms with Crippen molar-refractivity contribution in [2.75, 3.05) is 6.61 Å². The molecule has 0 bridgehead atoms. The molecule has 0 aliphatic heterocycles. The van der Waals surface area contributed by atoms with Crippen LogP contribution >= 0.6 is 0 Å². The van der Waals surface area contributed by atoms with Gasteiger partial charge in [0.05, 0.1) is 5.56 Å². The largest absolute Gasteiger partial charge is 0.507 e. The number of aliphatic hydroxyl groups is 2. The number of aromatic hydroxyl groups is 1. The lowest BCUT2D eigenvalue weighted by molar-refractivity contribution is -0.0327. The van der Waals surface area contributed by atoms with Crippen LogP contribution in [0.5, 0.6) is 11.5 Å². The van der Waals surface area contributed by atoms with Crippen molar-refractivity contribution >= 4 is 5.78 Å². The highest BCUT2D eigenvalue weighted by Gasteiger charge is 2.15. The summed E-state index contributed by atoms with van der Waals surface area (Å²) < 4.78 is 5.10. The maximum Gasteiger partial charge on any atom is 0.199 e. The van der Waals surface area contributed by atoms with Crippen molar-refractivity contribution in [2.24, 2.45) is 0 Å². The van der Waals surface area contributed by atoms with Crippen molar-refractivity contribution in [3.8, 4) is 11.5 Å². The molecule has 0 saturated heterocycles. The number of hydrogen-bond donors (Lipinski definition) is 3. The summed E-state index contributed by atoms with van der Waals surface area (Å²) in [4.78, 5) is 12.2. The molecule has 0 aromatic heterocycles. The van der Waals surface area contributed by atoms with Crippen molar-refractivity contribution in [3.63, 3.8) is 0 Å². The molecule has 5 nitrogen and oxygen atoms in total. The standard InChI is InChI=1S/C16H16O5/c17-9-8-15(19)21-12-6-7-13(14(18)10-12)16(20)11-4-2-1-3-5-11/h1-7,10,15,17-19H,8-9H2. The molecule has 2 rings (SSSR count). The zero-order valence-electron chi connectivity index (χ0n) is 11.3. The fourth-order valence-corrected chi connectivity index (χ4v) is 1.85. The summed E-state index contributed by atoms with van der Waals surface area (Å²) in [5.74, 6) is -0.300. The van der Waals surface area contributed by atoms with E-state index in [0.29, 0.717) is 5.56 Å². The summed E-state index contributed by atoms with van der Waals surface area (Å²) in [6.45, 7) is -0.211. The Morgan fingerprint density at radius 1 is 1.14 bits per heavy atom. The Kier molecular flexibility index (Phi) is 4.92. The van der Waals surface area contributed by atoms with Crippen LogP contribution in [-0.2, 0) is 0 Å². The summed E-state index contributed by atoms with van der Waals surface area (Å²) in [7, 11) is 0. The van der Waals surface area contributed by atoms with E-state index in [9.17, 15) is 15.0 Å². The molecule has 0 amide bonds. The molecule has 0 spiro atoms. The molecule has 0 heterocycles. The Morgan fingerprint density at radius 3 is 2.48 bits per heavy atom. The molecule has 3 N–H and O–H groups in total. The molecule has 0 aliphatic carbocycles. The summed E-state index contributed by atoms with van der Waals surface area (Å²) in [6.07, 6.45) is -1.10. The van der Waals surface area contributed by atoms with E-state index in [1.165, 1.54) is 18.2 Å². The number of carbonyl (C=O) groups excluding carboxylic acids is 1. The summed E-state index contributed by atoms with van der Waals surface area (Å²) in [5.41, 5.74) is 0.631.